The first-order valence-electron chi connectivity index (χ1n) is 6.43. The molecule has 1 amide bonds. The van der Waals surface area contributed by atoms with Gasteiger partial charge in [0.05, 0.1) is 11.9 Å². The van der Waals surface area contributed by atoms with E-state index in [1.54, 1.807) is 0 Å². The second kappa shape index (κ2) is 5.83. The van der Waals surface area contributed by atoms with Crippen LogP contribution in [0.5, 0.6) is 0 Å². The highest BCUT2D eigenvalue weighted by Gasteiger charge is 2.22. The van der Waals surface area contributed by atoms with E-state index in [0.717, 1.165) is 5.69 Å². The van der Waals surface area contributed by atoms with Crippen molar-refractivity contribution < 1.29 is 9.90 Å². The number of para-hydroxylation sites is 1. The third-order valence-electron chi connectivity index (χ3n) is 2.90. The fraction of sp³-hybridized carbons (Fsp3) is 0.357. The van der Waals surface area contributed by atoms with E-state index in [2.05, 4.69) is 15.5 Å². The van der Waals surface area contributed by atoms with E-state index in [0.29, 0.717) is 6.42 Å². The summed E-state index contributed by atoms with van der Waals surface area (Å²) in [4.78, 5) is 13.5. The quantitative estimate of drug-likeness (QED) is 0.857. The second-order valence-electron chi connectivity index (χ2n) is 5.17. The van der Waals surface area contributed by atoms with Gasteiger partial charge in [0.1, 0.15) is 0 Å². The summed E-state index contributed by atoms with van der Waals surface area (Å²) in [7, 11) is 0. The van der Waals surface area contributed by atoms with Crippen LogP contribution in [0.25, 0.3) is 5.69 Å². The monoisotopic (exact) mass is 274 g/mol. The SMILES string of the molecule is CC(C)(CCO)NC(=O)c1cnn(-c2ccccc2)n1. The number of rotatable bonds is 5. The number of hydrogen-bond donors (Lipinski definition) is 2. The van der Waals surface area contributed by atoms with Crippen LogP contribution in [0.1, 0.15) is 30.8 Å². The van der Waals surface area contributed by atoms with Crippen molar-refractivity contribution in [2.24, 2.45) is 0 Å². The number of aliphatic hydroxyl groups excluding tert-OH is 1. The highest BCUT2D eigenvalue weighted by atomic mass is 16.3. The maximum atomic E-state index is 12.1. The summed E-state index contributed by atoms with van der Waals surface area (Å²) in [6, 6.07) is 9.37. The molecule has 1 aromatic carbocycles. The van der Waals surface area contributed by atoms with E-state index in [-0.39, 0.29) is 18.2 Å². The molecule has 20 heavy (non-hydrogen) atoms. The number of hydrogen-bond acceptors (Lipinski definition) is 4. The van der Waals surface area contributed by atoms with Gasteiger partial charge in [-0.05, 0) is 32.4 Å². The largest absolute Gasteiger partial charge is 0.396 e. The van der Waals surface area contributed by atoms with Crippen LogP contribution < -0.4 is 5.32 Å². The van der Waals surface area contributed by atoms with Crippen LogP contribution >= 0.6 is 0 Å². The molecule has 0 aliphatic rings. The van der Waals surface area contributed by atoms with E-state index in [4.69, 9.17) is 5.11 Å². The number of aliphatic hydroxyl groups is 1. The van der Waals surface area contributed by atoms with E-state index in [9.17, 15) is 4.79 Å². The molecular formula is C14H18N4O2. The molecule has 1 aromatic heterocycles. The van der Waals surface area contributed by atoms with Crippen LogP contribution in [0.3, 0.4) is 0 Å². The Bertz CT molecular complexity index is 578. The average Bonchev–Trinajstić information content (AvgIpc) is 2.88. The van der Waals surface area contributed by atoms with Crippen LogP contribution in [0, 0.1) is 0 Å². The zero-order valence-corrected chi connectivity index (χ0v) is 11.6. The van der Waals surface area contributed by atoms with Gasteiger partial charge in [0.2, 0.25) is 0 Å². The molecule has 1 heterocycles. The van der Waals surface area contributed by atoms with Crippen molar-refractivity contribution in [1.82, 2.24) is 20.3 Å². The summed E-state index contributed by atoms with van der Waals surface area (Å²) >= 11 is 0. The average molecular weight is 274 g/mol. The van der Waals surface area contributed by atoms with Crippen molar-refractivity contribution in [3.05, 3.63) is 42.2 Å². The summed E-state index contributed by atoms with van der Waals surface area (Å²) in [5, 5.41) is 20.0. The minimum absolute atomic E-state index is 0.0178. The molecule has 0 saturated heterocycles. The smallest absolute Gasteiger partial charge is 0.273 e. The summed E-state index contributed by atoms with van der Waals surface area (Å²) in [5.41, 5.74) is 0.559. The van der Waals surface area contributed by atoms with Crippen molar-refractivity contribution in [2.45, 2.75) is 25.8 Å². The molecule has 0 bridgehead atoms. The molecule has 0 radical (unpaired) electrons. The van der Waals surface area contributed by atoms with E-state index < -0.39 is 5.54 Å². The molecule has 0 atom stereocenters. The van der Waals surface area contributed by atoms with Crippen molar-refractivity contribution in [3.63, 3.8) is 0 Å². The van der Waals surface area contributed by atoms with Gasteiger partial charge in [-0.1, -0.05) is 18.2 Å². The number of nitrogens with one attached hydrogen (secondary N) is 1. The second-order valence-corrected chi connectivity index (χ2v) is 5.17. The predicted octanol–water partition coefficient (Wildman–Crippen LogP) is 1.16. The number of carbonyl (C=O) groups is 1. The highest BCUT2D eigenvalue weighted by molar-refractivity contribution is 5.92. The summed E-state index contributed by atoms with van der Waals surface area (Å²) in [6.45, 7) is 3.72. The first-order chi connectivity index (χ1) is 9.52. The maximum absolute atomic E-state index is 12.1. The number of amides is 1. The van der Waals surface area contributed by atoms with Crippen molar-refractivity contribution in [1.29, 1.82) is 0 Å². The number of carbonyl (C=O) groups excluding carboxylic acids is 1. The molecule has 6 nitrogen and oxygen atoms in total. The Morgan fingerprint density at radius 2 is 2.05 bits per heavy atom. The van der Waals surface area contributed by atoms with Gasteiger partial charge in [0.15, 0.2) is 5.69 Å². The third kappa shape index (κ3) is 3.42. The lowest BCUT2D eigenvalue weighted by atomic mass is 10.0. The number of aromatic nitrogens is 3. The summed E-state index contributed by atoms with van der Waals surface area (Å²) in [6.07, 6.45) is 1.91. The molecule has 0 fully saturated rings. The van der Waals surface area contributed by atoms with E-state index in [1.807, 2.05) is 44.2 Å². The van der Waals surface area contributed by atoms with Crippen LogP contribution in [0.15, 0.2) is 36.5 Å². The molecule has 0 aliphatic heterocycles. The van der Waals surface area contributed by atoms with Crippen molar-refractivity contribution in [3.8, 4) is 5.69 Å². The molecular weight excluding hydrogens is 256 g/mol. The summed E-state index contributed by atoms with van der Waals surface area (Å²) in [5.74, 6) is -0.300. The molecule has 2 aromatic rings. The summed E-state index contributed by atoms with van der Waals surface area (Å²) < 4.78 is 0. The zero-order chi connectivity index (χ0) is 14.6. The Balaban J connectivity index is 2.11. The normalized spacial score (nSPS) is 11.3. The fourth-order valence-electron chi connectivity index (χ4n) is 1.77. The van der Waals surface area contributed by atoms with Gasteiger partial charge >= 0.3 is 0 Å². The lowest BCUT2D eigenvalue weighted by Crippen LogP contribution is -2.44. The van der Waals surface area contributed by atoms with E-state index in [1.165, 1.54) is 11.0 Å². The van der Waals surface area contributed by atoms with Gasteiger partial charge < -0.3 is 10.4 Å². The third-order valence-corrected chi connectivity index (χ3v) is 2.90. The first-order valence-corrected chi connectivity index (χ1v) is 6.43. The molecule has 2 N–H and O–H groups in total. The maximum Gasteiger partial charge on any atom is 0.273 e. The first kappa shape index (κ1) is 14.2. The minimum atomic E-state index is -0.484. The lowest BCUT2D eigenvalue weighted by molar-refractivity contribution is 0.0894. The minimum Gasteiger partial charge on any atom is -0.396 e. The van der Waals surface area contributed by atoms with Crippen LogP contribution in [-0.2, 0) is 0 Å². The van der Waals surface area contributed by atoms with Crippen LogP contribution in [-0.4, -0.2) is 38.2 Å². The lowest BCUT2D eigenvalue weighted by Gasteiger charge is -2.24. The van der Waals surface area contributed by atoms with Gasteiger partial charge in [0, 0.05) is 12.1 Å². The number of benzene rings is 1. The number of nitrogens with zero attached hydrogens (tertiary/aromatic N) is 3. The van der Waals surface area contributed by atoms with Gasteiger partial charge in [-0.15, -0.1) is 5.10 Å². The fourth-order valence-corrected chi connectivity index (χ4v) is 1.77. The molecule has 0 saturated carbocycles. The van der Waals surface area contributed by atoms with Crippen molar-refractivity contribution >= 4 is 5.91 Å². The Labute approximate surface area is 117 Å². The Morgan fingerprint density at radius 3 is 2.70 bits per heavy atom. The predicted molar refractivity (Wildman–Crippen MR) is 74.6 cm³/mol. The Hall–Kier alpha value is -2.21. The molecule has 0 aliphatic carbocycles. The Morgan fingerprint density at radius 1 is 1.35 bits per heavy atom. The van der Waals surface area contributed by atoms with Gasteiger partial charge in [-0.3, -0.25) is 4.79 Å². The van der Waals surface area contributed by atoms with E-state index >= 15 is 0 Å². The molecule has 6 heteroatoms. The van der Waals surface area contributed by atoms with Gasteiger partial charge in [0.25, 0.3) is 5.91 Å². The molecule has 0 unspecified atom stereocenters. The van der Waals surface area contributed by atoms with Gasteiger partial charge in [-0.25, -0.2) is 0 Å². The topological polar surface area (TPSA) is 80.0 Å². The molecule has 0 spiro atoms. The van der Waals surface area contributed by atoms with Crippen molar-refractivity contribution in [2.75, 3.05) is 6.61 Å². The highest BCUT2D eigenvalue weighted by Crippen LogP contribution is 2.09. The molecule has 106 valence electrons. The van der Waals surface area contributed by atoms with Crippen LogP contribution in [0.4, 0.5) is 0 Å². The zero-order valence-electron chi connectivity index (χ0n) is 11.6. The van der Waals surface area contributed by atoms with Gasteiger partial charge in [-0.2, -0.15) is 9.90 Å². The standard InChI is InChI=1S/C14H18N4O2/c1-14(2,8-9-19)16-13(20)12-10-15-18(17-12)11-6-4-3-5-7-11/h3-7,10,19H,8-9H2,1-2H3,(H,16,20). The Kier molecular flexibility index (Phi) is 4.14. The molecule has 2 rings (SSSR count). The van der Waals surface area contributed by atoms with Crippen LogP contribution in [0.2, 0.25) is 0 Å².